The van der Waals surface area contributed by atoms with Crippen molar-refractivity contribution < 1.29 is 10.2 Å². The summed E-state index contributed by atoms with van der Waals surface area (Å²) in [6.45, 7) is 0. The number of hydrogen-bond acceptors (Lipinski definition) is 2. The molecule has 0 amide bonds. The molecule has 1 atom stereocenters. The molecule has 2 nitrogen and oxygen atoms in total. The first-order valence-corrected chi connectivity index (χ1v) is 6.67. The van der Waals surface area contributed by atoms with E-state index in [1.165, 1.54) is 6.07 Å². The highest BCUT2D eigenvalue weighted by molar-refractivity contribution is 9.10. The second-order valence-electron chi connectivity index (χ2n) is 3.88. The number of aliphatic hydroxyl groups is 1. The van der Waals surface area contributed by atoms with Gasteiger partial charge in [-0.2, -0.15) is 0 Å². The largest absolute Gasteiger partial charge is 0.508 e. The van der Waals surface area contributed by atoms with Crippen LogP contribution < -0.4 is 0 Å². The lowest BCUT2D eigenvalue weighted by molar-refractivity contribution is 0.233. The van der Waals surface area contributed by atoms with E-state index in [1.807, 2.05) is 0 Å². The van der Waals surface area contributed by atoms with Gasteiger partial charge >= 0.3 is 0 Å². The van der Waals surface area contributed by atoms with E-state index in [1.54, 1.807) is 36.4 Å². The van der Waals surface area contributed by atoms with Crippen LogP contribution in [-0.2, 0) is 0 Å². The third-order valence-electron chi connectivity index (χ3n) is 2.48. The van der Waals surface area contributed by atoms with Crippen LogP contribution in [-0.4, -0.2) is 10.2 Å². The number of rotatable bonds is 1. The van der Waals surface area contributed by atoms with Crippen molar-refractivity contribution in [2.45, 2.75) is 6.10 Å². The van der Waals surface area contributed by atoms with Gasteiger partial charge in [-0.3, -0.25) is 0 Å². The second-order valence-corrected chi connectivity index (χ2v) is 5.23. The van der Waals surface area contributed by atoms with Crippen molar-refractivity contribution in [1.82, 2.24) is 0 Å². The molecule has 0 aliphatic rings. The van der Waals surface area contributed by atoms with Gasteiger partial charge in [-0.15, -0.1) is 0 Å². The number of aromatic hydroxyl groups is 1. The van der Waals surface area contributed by atoms with Gasteiger partial charge in [-0.1, -0.05) is 39.4 Å². The monoisotopic (exact) mass is 336 g/mol. The summed E-state index contributed by atoms with van der Waals surface area (Å²) in [5.74, 6) is 5.53. The minimum atomic E-state index is -1.05. The van der Waals surface area contributed by atoms with Crippen LogP contribution >= 0.6 is 27.5 Å². The van der Waals surface area contributed by atoms with Crippen LogP contribution in [0.5, 0.6) is 5.75 Å². The Labute approximate surface area is 124 Å². The molecule has 1 unspecified atom stereocenters. The zero-order chi connectivity index (χ0) is 13.8. The second kappa shape index (κ2) is 6.12. The van der Waals surface area contributed by atoms with Crippen LogP contribution in [0.1, 0.15) is 17.2 Å². The zero-order valence-electron chi connectivity index (χ0n) is 9.77. The molecule has 19 heavy (non-hydrogen) atoms. The Morgan fingerprint density at radius 2 is 1.79 bits per heavy atom. The van der Waals surface area contributed by atoms with E-state index in [4.69, 9.17) is 11.6 Å². The fraction of sp³-hybridized carbons (Fsp3) is 0.0667. The van der Waals surface area contributed by atoms with E-state index in [2.05, 4.69) is 27.8 Å². The fourth-order valence-electron chi connectivity index (χ4n) is 1.51. The van der Waals surface area contributed by atoms with E-state index in [-0.39, 0.29) is 5.75 Å². The minimum absolute atomic E-state index is 0.0149. The van der Waals surface area contributed by atoms with Gasteiger partial charge in [0.05, 0.1) is 0 Å². The summed E-state index contributed by atoms with van der Waals surface area (Å²) < 4.78 is 0.771. The first kappa shape index (κ1) is 14.0. The van der Waals surface area contributed by atoms with Gasteiger partial charge in [0.1, 0.15) is 11.9 Å². The predicted octanol–water partition coefficient (Wildman–Crippen LogP) is 3.89. The molecule has 0 radical (unpaired) electrons. The molecule has 0 bridgehead atoms. The molecule has 96 valence electrons. The lowest BCUT2D eigenvalue weighted by Gasteiger charge is -2.06. The van der Waals surface area contributed by atoms with Crippen LogP contribution in [0.4, 0.5) is 0 Å². The van der Waals surface area contributed by atoms with Gasteiger partial charge in [0.15, 0.2) is 0 Å². The molecule has 2 N–H and O–H groups in total. The normalized spacial score (nSPS) is 11.5. The van der Waals surface area contributed by atoms with Gasteiger partial charge in [0, 0.05) is 20.6 Å². The summed E-state index contributed by atoms with van der Waals surface area (Å²) in [5.41, 5.74) is 1.12. The lowest BCUT2D eigenvalue weighted by Crippen LogP contribution is -1.94. The molecule has 0 heterocycles. The van der Waals surface area contributed by atoms with Gasteiger partial charge < -0.3 is 10.2 Å². The topological polar surface area (TPSA) is 40.5 Å². The van der Waals surface area contributed by atoms with Crippen molar-refractivity contribution >= 4 is 27.5 Å². The van der Waals surface area contributed by atoms with Crippen molar-refractivity contribution in [3.63, 3.8) is 0 Å². The summed E-state index contributed by atoms with van der Waals surface area (Å²) >= 11 is 9.06. The van der Waals surface area contributed by atoms with E-state index in [9.17, 15) is 10.2 Å². The van der Waals surface area contributed by atoms with Gasteiger partial charge in [-0.25, -0.2) is 0 Å². The predicted molar refractivity (Wildman–Crippen MR) is 79.1 cm³/mol. The number of phenolic OH excluding ortho intramolecular Hbond substituents is 1. The highest BCUT2D eigenvalue weighted by Gasteiger charge is 2.09. The lowest BCUT2D eigenvalue weighted by atomic mass is 10.1. The highest BCUT2D eigenvalue weighted by Crippen LogP contribution is 2.27. The maximum atomic E-state index is 9.96. The molecular weight excluding hydrogens is 328 g/mol. The molecule has 2 aromatic carbocycles. The number of phenols is 1. The summed E-state index contributed by atoms with van der Waals surface area (Å²) in [4.78, 5) is 0. The van der Waals surface area contributed by atoms with Gasteiger partial charge in [0.2, 0.25) is 0 Å². The fourth-order valence-corrected chi connectivity index (χ4v) is 2.01. The third kappa shape index (κ3) is 3.74. The van der Waals surface area contributed by atoms with Crippen LogP contribution in [0.15, 0.2) is 46.9 Å². The molecular formula is C15H10BrClO2. The van der Waals surface area contributed by atoms with E-state index < -0.39 is 6.10 Å². The Morgan fingerprint density at radius 1 is 1.11 bits per heavy atom. The third-order valence-corrected chi connectivity index (χ3v) is 3.23. The number of halogens is 2. The van der Waals surface area contributed by atoms with Crippen molar-refractivity contribution in [2.24, 2.45) is 0 Å². The molecule has 0 saturated carbocycles. The Hall–Kier alpha value is -1.47. The van der Waals surface area contributed by atoms with Gasteiger partial charge in [0.25, 0.3) is 0 Å². The number of aliphatic hydroxyl groups excluding tert-OH is 1. The molecule has 0 spiro atoms. The van der Waals surface area contributed by atoms with Crippen molar-refractivity contribution in [1.29, 1.82) is 0 Å². The Kier molecular flexibility index (Phi) is 4.49. The average molecular weight is 338 g/mol. The molecule has 0 aliphatic carbocycles. The molecule has 0 aliphatic heterocycles. The molecule has 4 heteroatoms. The molecule has 0 aromatic heterocycles. The zero-order valence-corrected chi connectivity index (χ0v) is 12.1. The molecule has 2 aromatic rings. The SMILES string of the molecule is Oc1ccc(Br)cc1C(O)C#Cc1ccc(Cl)cc1. The molecule has 2 rings (SSSR count). The van der Waals surface area contributed by atoms with Crippen LogP contribution in [0.2, 0.25) is 5.02 Å². The van der Waals surface area contributed by atoms with E-state index in [0.717, 1.165) is 10.0 Å². The summed E-state index contributed by atoms with van der Waals surface area (Å²) in [6.07, 6.45) is -1.05. The Balaban J connectivity index is 2.24. The van der Waals surface area contributed by atoms with Crippen LogP contribution in [0, 0.1) is 11.8 Å². The molecule has 0 fully saturated rings. The van der Waals surface area contributed by atoms with Crippen LogP contribution in [0.3, 0.4) is 0 Å². The first-order chi connectivity index (χ1) is 9.06. The standard InChI is InChI=1S/C15H10BrClO2/c16-11-4-8-15(19)13(9-11)14(18)7-3-10-1-5-12(17)6-2-10/h1-2,4-6,8-9,14,18-19H. The summed E-state index contributed by atoms with van der Waals surface area (Å²) in [7, 11) is 0. The highest BCUT2D eigenvalue weighted by atomic mass is 79.9. The maximum Gasteiger partial charge on any atom is 0.144 e. The number of benzene rings is 2. The Bertz CT molecular complexity index is 641. The van der Waals surface area contributed by atoms with Crippen molar-refractivity contribution in [2.75, 3.05) is 0 Å². The maximum absolute atomic E-state index is 9.96. The van der Waals surface area contributed by atoms with E-state index >= 15 is 0 Å². The average Bonchev–Trinajstić information content (AvgIpc) is 2.40. The minimum Gasteiger partial charge on any atom is -0.508 e. The number of hydrogen-bond donors (Lipinski definition) is 2. The summed E-state index contributed by atoms with van der Waals surface area (Å²) in [6, 6.07) is 11.8. The van der Waals surface area contributed by atoms with Crippen molar-refractivity contribution in [3.8, 4) is 17.6 Å². The Morgan fingerprint density at radius 3 is 2.47 bits per heavy atom. The smallest absolute Gasteiger partial charge is 0.144 e. The molecule has 0 saturated heterocycles. The quantitative estimate of drug-likeness (QED) is 0.775. The van der Waals surface area contributed by atoms with E-state index in [0.29, 0.717) is 10.6 Å². The first-order valence-electron chi connectivity index (χ1n) is 5.50. The summed E-state index contributed by atoms with van der Waals surface area (Å²) in [5, 5.41) is 20.3. The van der Waals surface area contributed by atoms with Crippen LogP contribution in [0.25, 0.3) is 0 Å². The van der Waals surface area contributed by atoms with Gasteiger partial charge in [-0.05, 0) is 42.5 Å². The van der Waals surface area contributed by atoms with Crippen molar-refractivity contribution in [3.05, 3.63) is 63.1 Å².